The highest BCUT2D eigenvalue weighted by Crippen LogP contribution is 2.10. The third-order valence-corrected chi connectivity index (χ3v) is 4.67. The van der Waals surface area contributed by atoms with Crippen LogP contribution in [-0.4, -0.2) is 36.0 Å². The van der Waals surface area contributed by atoms with Crippen molar-refractivity contribution >= 4 is 40.8 Å². The molecule has 8 heteroatoms. The first-order valence-electron chi connectivity index (χ1n) is 10.7. The second-order valence-electron chi connectivity index (χ2n) is 7.15. The molecule has 7 nitrogen and oxygen atoms in total. The third kappa shape index (κ3) is 9.70. The van der Waals surface area contributed by atoms with Crippen LogP contribution >= 0.6 is 12.2 Å². The van der Waals surface area contributed by atoms with Gasteiger partial charge in [0, 0.05) is 24.2 Å². The Morgan fingerprint density at radius 2 is 1.69 bits per heavy atom. The summed E-state index contributed by atoms with van der Waals surface area (Å²) in [5.74, 6) is -0.926. The zero-order valence-electron chi connectivity index (χ0n) is 18.2. The molecule has 2 amide bonds. The van der Waals surface area contributed by atoms with E-state index in [1.54, 1.807) is 24.3 Å². The number of aryl methyl sites for hydroxylation is 1. The second kappa shape index (κ2) is 13.9. The van der Waals surface area contributed by atoms with Crippen LogP contribution < -0.4 is 16.0 Å². The number of hydrogen-bond acceptors (Lipinski definition) is 5. The number of esters is 1. The Balaban J connectivity index is 1.62. The van der Waals surface area contributed by atoms with E-state index in [1.807, 2.05) is 37.3 Å². The molecule has 170 valence electrons. The average molecular weight is 456 g/mol. The molecule has 0 heterocycles. The minimum absolute atomic E-state index is 0.0125. The molecule has 0 spiro atoms. The van der Waals surface area contributed by atoms with Crippen LogP contribution in [0.5, 0.6) is 0 Å². The van der Waals surface area contributed by atoms with Gasteiger partial charge in [0.2, 0.25) is 5.91 Å². The van der Waals surface area contributed by atoms with Crippen molar-refractivity contribution in [3.05, 3.63) is 65.7 Å². The summed E-state index contributed by atoms with van der Waals surface area (Å²) < 4.78 is 5.17. The van der Waals surface area contributed by atoms with E-state index in [4.69, 9.17) is 17.0 Å². The number of hydrogen-bond donors (Lipinski definition) is 3. The minimum Gasteiger partial charge on any atom is -0.466 e. The Hall–Kier alpha value is -3.26. The van der Waals surface area contributed by atoms with Crippen LogP contribution in [0.1, 0.15) is 48.5 Å². The Labute approximate surface area is 193 Å². The van der Waals surface area contributed by atoms with Gasteiger partial charge in [0.05, 0.1) is 13.0 Å². The number of carbonyl (C=O) groups is 3. The summed E-state index contributed by atoms with van der Waals surface area (Å²) in [6.07, 6.45) is 2.40. The van der Waals surface area contributed by atoms with Crippen molar-refractivity contribution in [1.82, 2.24) is 10.6 Å². The summed E-state index contributed by atoms with van der Waals surface area (Å²) in [5, 5.41) is 8.33. The molecule has 0 unspecified atom stereocenters. The summed E-state index contributed by atoms with van der Waals surface area (Å²) in [6, 6.07) is 16.7. The molecule has 0 saturated heterocycles. The zero-order valence-corrected chi connectivity index (χ0v) is 19.0. The Morgan fingerprint density at radius 1 is 0.969 bits per heavy atom. The fraction of sp³-hybridized carbons (Fsp3) is 0.333. The fourth-order valence-corrected chi connectivity index (χ4v) is 3.02. The molecule has 2 rings (SSSR count). The van der Waals surface area contributed by atoms with Crippen molar-refractivity contribution in [2.45, 2.75) is 39.0 Å². The summed E-state index contributed by atoms with van der Waals surface area (Å²) >= 11 is 5.13. The van der Waals surface area contributed by atoms with Gasteiger partial charge in [-0.25, -0.2) is 0 Å². The summed E-state index contributed by atoms with van der Waals surface area (Å²) in [4.78, 5) is 35.7. The maximum Gasteiger partial charge on any atom is 0.306 e. The average Bonchev–Trinajstić information content (AvgIpc) is 2.80. The van der Waals surface area contributed by atoms with Crippen molar-refractivity contribution < 1.29 is 19.1 Å². The molecule has 0 saturated carbocycles. The molecular formula is C24H29N3O4S. The Morgan fingerprint density at radius 3 is 2.38 bits per heavy atom. The van der Waals surface area contributed by atoms with Gasteiger partial charge in [-0.1, -0.05) is 37.3 Å². The van der Waals surface area contributed by atoms with Crippen molar-refractivity contribution in [3.63, 3.8) is 0 Å². The number of thiocarbonyl (C=S) groups is 1. The lowest BCUT2D eigenvalue weighted by atomic mass is 10.1. The van der Waals surface area contributed by atoms with Crippen LogP contribution in [0.4, 0.5) is 5.69 Å². The first-order valence-corrected chi connectivity index (χ1v) is 11.1. The standard InChI is InChI=1S/C24H29N3O4S/c1-2-16-25-23(30)19-10-12-20(13-11-19)26-24(32)27-21(28)14-15-22(29)31-17-6-9-18-7-4-3-5-8-18/h3-5,7-8,10-13H,2,6,9,14-17H2,1H3,(H,25,30)(H2,26,27,28,32). The number of carbonyl (C=O) groups excluding carboxylic acids is 3. The lowest BCUT2D eigenvalue weighted by Crippen LogP contribution is -2.34. The normalized spacial score (nSPS) is 10.2. The molecule has 2 aromatic rings. The molecular weight excluding hydrogens is 426 g/mol. The molecule has 2 aromatic carbocycles. The maximum atomic E-state index is 12.0. The van der Waals surface area contributed by atoms with E-state index >= 15 is 0 Å². The van der Waals surface area contributed by atoms with Crippen LogP contribution in [0.15, 0.2) is 54.6 Å². The third-order valence-electron chi connectivity index (χ3n) is 4.47. The summed E-state index contributed by atoms with van der Waals surface area (Å²) in [5.41, 5.74) is 2.37. The van der Waals surface area contributed by atoms with Crippen LogP contribution in [0.3, 0.4) is 0 Å². The van der Waals surface area contributed by atoms with E-state index in [0.717, 1.165) is 19.3 Å². The van der Waals surface area contributed by atoms with Gasteiger partial charge in [0.15, 0.2) is 5.11 Å². The van der Waals surface area contributed by atoms with Crippen LogP contribution in [0, 0.1) is 0 Å². The zero-order chi connectivity index (χ0) is 23.2. The van der Waals surface area contributed by atoms with E-state index in [2.05, 4.69) is 16.0 Å². The molecule has 0 atom stereocenters. The van der Waals surface area contributed by atoms with Crippen molar-refractivity contribution in [1.29, 1.82) is 0 Å². The highest BCUT2D eigenvalue weighted by molar-refractivity contribution is 7.80. The monoisotopic (exact) mass is 455 g/mol. The fourth-order valence-electron chi connectivity index (χ4n) is 2.79. The molecule has 0 fully saturated rings. The number of anilines is 1. The number of nitrogens with one attached hydrogen (secondary N) is 3. The lowest BCUT2D eigenvalue weighted by Gasteiger charge is -2.10. The predicted molar refractivity (Wildman–Crippen MR) is 128 cm³/mol. The quantitative estimate of drug-likeness (QED) is 0.272. The second-order valence-corrected chi connectivity index (χ2v) is 7.55. The van der Waals surface area contributed by atoms with Crippen LogP contribution in [-0.2, 0) is 20.7 Å². The predicted octanol–water partition coefficient (Wildman–Crippen LogP) is 3.60. The van der Waals surface area contributed by atoms with E-state index in [-0.39, 0.29) is 29.8 Å². The van der Waals surface area contributed by atoms with E-state index in [1.165, 1.54) is 5.56 Å². The van der Waals surface area contributed by atoms with E-state index in [0.29, 0.717) is 24.4 Å². The molecule has 0 aromatic heterocycles. The summed E-state index contributed by atoms with van der Waals surface area (Å²) in [6.45, 7) is 2.93. The SMILES string of the molecule is CCCNC(=O)c1ccc(NC(=S)NC(=O)CCC(=O)OCCCc2ccccc2)cc1. The number of amides is 2. The smallest absolute Gasteiger partial charge is 0.306 e. The first kappa shape index (κ1) is 25.0. The molecule has 0 aliphatic rings. The molecule has 0 bridgehead atoms. The van der Waals surface area contributed by atoms with Gasteiger partial charge < -0.3 is 20.7 Å². The van der Waals surface area contributed by atoms with Crippen LogP contribution in [0.25, 0.3) is 0 Å². The van der Waals surface area contributed by atoms with Gasteiger partial charge in [-0.05, 0) is 61.3 Å². The molecule has 32 heavy (non-hydrogen) atoms. The highest BCUT2D eigenvalue weighted by Gasteiger charge is 2.10. The lowest BCUT2D eigenvalue weighted by molar-refractivity contribution is -0.145. The highest BCUT2D eigenvalue weighted by atomic mass is 32.1. The van der Waals surface area contributed by atoms with Gasteiger partial charge in [0.1, 0.15) is 0 Å². The Bertz CT molecular complexity index is 901. The van der Waals surface area contributed by atoms with Gasteiger partial charge in [-0.2, -0.15) is 0 Å². The molecule has 0 aliphatic carbocycles. The Kier molecular flexibility index (Phi) is 10.9. The van der Waals surface area contributed by atoms with E-state index in [9.17, 15) is 14.4 Å². The summed E-state index contributed by atoms with van der Waals surface area (Å²) in [7, 11) is 0. The van der Waals surface area contributed by atoms with E-state index < -0.39 is 5.97 Å². The number of ether oxygens (including phenoxy) is 1. The number of benzene rings is 2. The van der Waals surface area contributed by atoms with Crippen molar-refractivity contribution in [2.75, 3.05) is 18.5 Å². The van der Waals surface area contributed by atoms with Crippen LogP contribution in [0.2, 0.25) is 0 Å². The van der Waals surface area contributed by atoms with Gasteiger partial charge in [-0.3, -0.25) is 14.4 Å². The van der Waals surface area contributed by atoms with Crippen molar-refractivity contribution in [3.8, 4) is 0 Å². The number of rotatable bonds is 11. The largest absolute Gasteiger partial charge is 0.466 e. The molecule has 0 aliphatic heterocycles. The molecule has 3 N–H and O–H groups in total. The van der Waals surface area contributed by atoms with Gasteiger partial charge in [-0.15, -0.1) is 0 Å². The van der Waals surface area contributed by atoms with Crippen molar-refractivity contribution in [2.24, 2.45) is 0 Å². The van der Waals surface area contributed by atoms with Gasteiger partial charge >= 0.3 is 5.97 Å². The molecule has 0 radical (unpaired) electrons. The first-order chi connectivity index (χ1) is 15.5. The van der Waals surface area contributed by atoms with Gasteiger partial charge in [0.25, 0.3) is 5.91 Å². The topological polar surface area (TPSA) is 96.5 Å². The minimum atomic E-state index is -0.413. The maximum absolute atomic E-state index is 12.0.